The minimum atomic E-state index is -4.91. The van der Waals surface area contributed by atoms with Gasteiger partial charge >= 0.3 is 12.3 Å². The van der Waals surface area contributed by atoms with E-state index in [-0.39, 0.29) is 49.3 Å². The van der Waals surface area contributed by atoms with E-state index in [1.165, 1.54) is 58.3 Å². The highest BCUT2D eigenvalue weighted by molar-refractivity contribution is 5.96. The minimum absolute atomic E-state index is 0.0186. The van der Waals surface area contributed by atoms with Crippen molar-refractivity contribution in [3.63, 3.8) is 0 Å². The van der Waals surface area contributed by atoms with Gasteiger partial charge in [-0.1, -0.05) is 0 Å². The van der Waals surface area contributed by atoms with E-state index in [0.717, 1.165) is 12.1 Å². The number of anilines is 2. The molecule has 0 saturated carbocycles. The molecule has 10 nitrogen and oxygen atoms in total. The zero-order valence-corrected chi connectivity index (χ0v) is 21.0. The van der Waals surface area contributed by atoms with Gasteiger partial charge in [-0.15, -0.1) is 0 Å². The van der Waals surface area contributed by atoms with Crippen LogP contribution in [0.3, 0.4) is 0 Å². The van der Waals surface area contributed by atoms with Crippen molar-refractivity contribution in [1.29, 1.82) is 0 Å². The van der Waals surface area contributed by atoms with E-state index in [9.17, 15) is 37.3 Å². The summed E-state index contributed by atoms with van der Waals surface area (Å²) in [5.41, 5.74) is -1.71. The summed E-state index contributed by atoms with van der Waals surface area (Å²) in [6, 6.07) is 13.8. The van der Waals surface area contributed by atoms with Crippen LogP contribution in [0.1, 0.15) is 16.1 Å². The molecule has 1 saturated heterocycles. The van der Waals surface area contributed by atoms with E-state index in [4.69, 9.17) is 9.15 Å². The van der Waals surface area contributed by atoms with Crippen LogP contribution in [-0.2, 0) is 6.18 Å². The molecule has 41 heavy (non-hydrogen) atoms. The van der Waals surface area contributed by atoms with E-state index >= 15 is 0 Å². The van der Waals surface area contributed by atoms with E-state index in [1.54, 1.807) is 0 Å². The Kier molecular flexibility index (Phi) is 7.22. The number of rotatable bonds is 5. The molecule has 4 aromatic rings. The summed E-state index contributed by atoms with van der Waals surface area (Å²) in [5, 5.41) is 14.1. The van der Waals surface area contributed by atoms with Crippen molar-refractivity contribution in [3.8, 4) is 5.75 Å². The highest BCUT2D eigenvalue weighted by Crippen LogP contribution is 2.38. The molecule has 0 atom stereocenters. The molecule has 0 spiro atoms. The lowest BCUT2D eigenvalue weighted by Crippen LogP contribution is -2.51. The molecule has 0 aliphatic carbocycles. The fraction of sp³-hybridized carbons (Fsp3) is 0.185. The zero-order valence-electron chi connectivity index (χ0n) is 21.0. The Morgan fingerprint density at radius 1 is 0.902 bits per heavy atom. The molecule has 1 N–H and O–H groups in total. The van der Waals surface area contributed by atoms with Crippen LogP contribution in [0.2, 0.25) is 0 Å². The first-order chi connectivity index (χ1) is 19.5. The summed E-state index contributed by atoms with van der Waals surface area (Å²) in [5.74, 6) is -0.584. The quantitative estimate of drug-likeness (QED) is 0.172. The topological polar surface area (TPSA) is 118 Å². The normalized spacial score (nSPS) is 13.8. The molecule has 14 heteroatoms. The highest BCUT2D eigenvalue weighted by Gasteiger charge is 2.38. The molecule has 0 radical (unpaired) electrons. The molecule has 2 amide bonds. The second-order valence-electron chi connectivity index (χ2n) is 9.08. The van der Waals surface area contributed by atoms with Gasteiger partial charge in [-0.25, -0.2) is 9.18 Å². The van der Waals surface area contributed by atoms with Crippen molar-refractivity contribution in [2.75, 3.05) is 31.5 Å². The number of nitro groups is 1. The number of carbonyl (C=O) groups is 2. The summed E-state index contributed by atoms with van der Waals surface area (Å²) in [7, 11) is 0. The largest absolute Gasteiger partial charge is 0.451 e. The number of nitro benzene ring substituents is 1. The summed E-state index contributed by atoms with van der Waals surface area (Å²) in [6.45, 7) is 0.830. The number of amides is 2. The maximum absolute atomic E-state index is 13.4. The number of halogens is 4. The van der Waals surface area contributed by atoms with Gasteiger partial charge in [0.25, 0.3) is 11.6 Å². The number of carbonyl (C=O) groups excluding carboxylic acids is 2. The Labute approximate surface area is 228 Å². The van der Waals surface area contributed by atoms with Gasteiger partial charge in [-0.3, -0.25) is 14.9 Å². The molecule has 1 aliphatic heterocycles. The molecule has 0 unspecified atom stereocenters. The van der Waals surface area contributed by atoms with Crippen molar-refractivity contribution >= 4 is 40.0 Å². The first kappa shape index (κ1) is 27.4. The zero-order chi connectivity index (χ0) is 29.3. The summed E-state index contributed by atoms with van der Waals surface area (Å²) in [6.07, 6.45) is -5.56. The van der Waals surface area contributed by atoms with Crippen LogP contribution < -0.4 is 10.1 Å². The Morgan fingerprint density at radius 3 is 2.22 bits per heavy atom. The van der Waals surface area contributed by atoms with Gasteiger partial charge in [0, 0.05) is 49.0 Å². The fourth-order valence-electron chi connectivity index (χ4n) is 4.31. The molecule has 3 aromatic carbocycles. The van der Waals surface area contributed by atoms with Crippen molar-refractivity contribution in [2.45, 2.75) is 6.18 Å². The number of ether oxygens (including phenoxy) is 1. The number of hydrogen-bond acceptors (Lipinski definition) is 7. The standard InChI is InChI=1S/C27H20F4N4O6/c28-17-1-8-23-16(13-17)14-24(41-23)25(36)33-9-11-34(12-10-33)26(37)40-20-5-2-18(3-6-20)32-19-4-7-22(35(38)39)21(15-19)27(29,30)31/h1-8,13-15,32H,9-12H2. The third kappa shape index (κ3) is 6.05. The summed E-state index contributed by atoms with van der Waals surface area (Å²) in [4.78, 5) is 38.2. The van der Waals surface area contributed by atoms with Crippen LogP contribution in [0.5, 0.6) is 5.75 Å². The van der Waals surface area contributed by atoms with Crippen molar-refractivity contribution in [2.24, 2.45) is 0 Å². The molecular formula is C27H20F4N4O6. The van der Waals surface area contributed by atoms with Crippen LogP contribution >= 0.6 is 0 Å². The van der Waals surface area contributed by atoms with Crippen LogP contribution in [0.4, 0.5) is 39.4 Å². The second-order valence-corrected chi connectivity index (χ2v) is 9.08. The summed E-state index contributed by atoms with van der Waals surface area (Å²) >= 11 is 0. The Morgan fingerprint density at radius 2 is 1.56 bits per heavy atom. The molecular weight excluding hydrogens is 552 g/mol. The number of hydrogen-bond donors (Lipinski definition) is 1. The Balaban J connectivity index is 1.16. The highest BCUT2D eigenvalue weighted by atomic mass is 19.4. The lowest BCUT2D eigenvalue weighted by atomic mass is 10.1. The van der Waals surface area contributed by atoms with Crippen molar-refractivity contribution in [3.05, 3.63) is 94.0 Å². The van der Waals surface area contributed by atoms with Gasteiger partial charge in [0.1, 0.15) is 22.7 Å². The van der Waals surface area contributed by atoms with Crippen LogP contribution in [0, 0.1) is 15.9 Å². The number of nitrogens with zero attached hydrogens (tertiary/aromatic N) is 3. The first-order valence-corrected chi connectivity index (χ1v) is 12.2. The SMILES string of the molecule is O=C(Oc1ccc(Nc2ccc([N+](=O)[O-])c(C(F)(F)F)c2)cc1)N1CCN(C(=O)c2cc3cc(F)ccc3o2)CC1. The molecule has 0 bridgehead atoms. The maximum Gasteiger partial charge on any atom is 0.423 e. The van der Waals surface area contributed by atoms with Gasteiger partial charge < -0.3 is 24.3 Å². The average molecular weight is 572 g/mol. The van der Waals surface area contributed by atoms with Gasteiger partial charge in [0.2, 0.25) is 0 Å². The van der Waals surface area contributed by atoms with Crippen LogP contribution in [0.15, 0.2) is 71.1 Å². The van der Waals surface area contributed by atoms with Crippen LogP contribution in [-0.4, -0.2) is 52.9 Å². The lowest BCUT2D eigenvalue weighted by Gasteiger charge is -2.33. The fourth-order valence-corrected chi connectivity index (χ4v) is 4.31. The van der Waals surface area contributed by atoms with Gasteiger partial charge in [0.05, 0.1) is 4.92 Å². The smallest absolute Gasteiger partial charge is 0.423 e. The Bertz CT molecular complexity index is 1630. The number of benzene rings is 3. The number of fused-ring (bicyclic) bond motifs is 1. The predicted molar refractivity (Wildman–Crippen MR) is 137 cm³/mol. The molecule has 5 rings (SSSR count). The maximum atomic E-state index is 13.4. The van der Waals surface area contributed by atoms with Crippen LogP contribution in [0.25, 0.3) is 11.0 Å². The summed E-state index contributed by atoms with van der Waals surface area (Å²) < 4.78 is 64.0. The third-order valence-corrected chi connectivity index (χ3v) is 6.36. The van der Waals surface area contributed by atoms with Gasteiger partial charge in [-0.05, 0) is 60.7 Å². The molecule has 2 heterocycles. The number of furan rings is 1. The molecule has 1 aromatic heterocycles. The number of alkyl halides is 3. The number of nitrogens with one attached hydrogen (secondary N) is 1. The van der Waals surface area contributed by atoms with Crippen molar-refractivity contribution in [1.82, 2.24) is 9.80 Å². The van der Waals surface area contributed by atoms with Gasteiger partial charge in [0.15, 0.2) is 5.76 Å². The molecule has 1 aliphatic rings. The first-order valence-electron chi connectivity index (χ1n) is 12.2. The predicted octanol–water partition coefficient (Wildman–Crippen LogP) is 6.20. The average Bonchev–Trinajstić information content (AvgIpc) is 3.36. The third-order valence-electron chi connectivity index (χ3n) is 6.36. The second kappa shape index (κ2) is 10.8. The van der Waals surface area contributed by atoms with E-state index in [1.807, 2.05) is 0 Å². The lowest BCUT2D eigenvalue weighted by molar-refractivity contribution is -0.388. The van der Waals surface area contributed by atoms with E-state index < -0.39 is 34.3 Å². The molecule has 212 valence electrons. The minimum Gasteiger partial charge on any atom is -0.451 e. The van der Waals surface area contributed by atoms with E-state index in [2.05, 4.69) is 5.32 Å². The van der Waals surface area contributed by atoms with Crippen molar-refractivity contribution < 1.29 is 41.2 Å². The van der Waals surface area contributed by atoms with Gasteiger partial charge in [-0.2, -0.15) is 13.2 Å². The van der Waals surface area contributed by atoms with E-state index in [0.29, 0.717) is 22.7 Å². The Hall–Kier alpha value is -5.14. The molecule has 1 fully saturated rings. The number of piperazine rings is 1. The monoisotopic (exact) mass is 572 g/mol.